The fraction of sp³-hybridized carbons (Fsp3) is 0.550. The minimum absolute atomic E-state index is 0.0228. The fourth-order valence-electron chi connectivity index (χ4n) is 2.93. The van der Waals surface area contributed by atoms with Crippen LogP contribution in [0.25, 0.3) is 0 Å². The predicted octanol–water partition coefficient (Wildman–Crippen LogP) is 0.632. The summed E-state index contributed by atoms with van der Waals surface area (Å²) in [6.45, 7) is 8.52. The smallest absolute Gasteiger partial charge is 0.244 e. The van der Waals surface area contributed by atoms with Gasteiger partial charge in [0.1, 0.15) is 5.92 Å². The van der Waals surface area contributed by atoms with Crippen LogP contribution in [-0.2, 0) is 24.0 Å². The van der Waals surface area contributed by atoms with Gasteiger partial charge in [0, 0.05) is 18.5 Å². The summed E-state index contributed by atoms with van der Waals surface area (Å²) in [6.07, 6.45) is 6.41. The third kappa shape index (κ3) is 6.44. The van der Waals surface area contributed by atoms with Crippen LogP contribution in [-0.4, -0.2) is 41.5 Å². The van der Waals surface area contributed by atoms with Gasteiger partial charge in [-0.2, -0.15) is 0 Å². The van der Waals surface area contributed by atoms with Gasteiger partial charge in [-0.15, -0.1) is 0 Å². The van der Waals surface area contributed by atoms with Crippen molar-refractivity contribution in [3.05, 3.63) is 24.3 Å². The maximum Gasteiger partial charge on any atom is 0.244 e. The molecule has 0 bridgehead atoms. The van der Waals surface area contributed by atoms with Gasteiger partial charge in [0.2, 0.25) is 23.6 Å². The second kappa shape index (κ2) is 10.5. The summed E-state index contributed by atoms with van der Waals surface area (Å²) >= 11 is 0. The van der Waals surface area contributed by atoms with E-state index in [-0.39, 0.29) is 18.2 Å². The number of carbonyl (C=O) groups is 5. The molecule has 1 aliphatic rings. The molecule has 154 valence electrons. The number of Topliss-reactive ketones (excluding diaryl/α,β-unsaturated/α-hetero) is 1. The van der Waals surface area contributed by atoms with E-state index in [0.717, 1.165) is 0 Å². The molecule has 1 saturated heterocycles. The first-order valence-corrected chi connectivity index (χ1v) is 9.36. The van der Waals surface area contributed by atoms with E-state index in [1.54, 1.807) is 39.0 Å². The van der Waals surface area contributed by atoms with Gasteiger partial charge in [-0.3, -0.25) is 29.3 Å². The van der Waals surface area contributed by atoms with Gasteiger partial charge in [-0.1, -0.05) is 39.0 Å². The number of ketones is 1. The standard InChI is InChI=1S/C20H29N3O5/c1-6-7-8-9-14(24)21-12(4)10-15(25)22-17(11(2)3)18(26)16-13(5)19(27)23-20(16)28/h6-9,11-13,16-17H,10H2,1-5H3,(H,21,24)(H,22,25)(H,23,27,28)/t12-,13+,16-,17+/m1/s1. The Hall–Kier alpha value is -2.77. The summed E-state index contributed by atoms with van der Waals surface area (Å²) in [7, 11) is 0. The van der Waals surface area contributed by atoms with Crippen molar-refractivity contribution in [2.75, 3.05) is 0 Å². The van der Waals surface area contributed by atoms with Crippen molar-refractivity contribution in [3.63, 3.8) is 0 Å². The summed E-state index contributed by atoms with van der Waals surface area (Å²) < 4.78 is 0. The first kappa shape index (κ1) is 23.3. The van der Waals surface area contributed by atoms with Crippen LogP contribution in [0.2, 0.25) is 0 Å². The molecule has 0 spiro atoms. The molecule has 1 aliphatic heterocycles. The number of nitrogens with one attached hydrogen (secondary N) is 3. The van der Waals surface area contributed by atoms with Gasteiger partial charge in [-0.05, 0) is 19.8 Å². The summed E-state index contributed by atoms with van der Waals surface area (Å²) in [5.41, 5.74) is 0. The van der Waals surface area contributed by atoms with Crippen molar-refractivity contribution in [1.29, 1.82) is 0 Å². The Labute approximate surface area is 165 Å². The lowest BCUT2D eigenvalue weighted by Gasteiger charge is -2.25. The zero-order valence-corrected chi connectivity index (χ0v) is 16.9. The number of carbonyl (C=O) groups excluding carboxylic acids is 5. The maximum atomic E-state index is 12.8. The molecule has 0 saturated carbocycles. The number of hydrogen-bond acceptors (Lipinski definition) is 5. The highest BCUT2D eigenvalue weighted by Gasteiger charge is 2.46. The summed E-state index contributed by atoms with van der Waals surface area (Å²) in [5.74, 6) is -4.48. The molecule has 28 heavy (non-hydrogen) atoms. The van der Waals surface area contributed by atoms with E-state index < -0.39 is 47.4 Å². The van der Waals surface area contributed by atoms with E-state index in [9.17, 15) is 24.0 Å². The van der Waals surface area contributed by atoms with E-state index in [2.05, 4.69) is 16.0 Å². The Morgan fingerprint density at radius 3 is 2.21 bits per heavy atom. The number of hydrogen-bond donors (Lipinski definition) is 3. The van der Waals surface area contributed by atoms with E-state index >= 15 is 0 Å². The van der Waals surface area contributed by atoms with Crippen LogP contribution in [0.4, 0.5) is 0 Å². The molecule has 0 unspecified atom stereocenters. The van der Waals surface area contributed by atoms with E-state index in [0.29, 0.717) is 0 Å². The molecule has 8 heteroatoms. The van der Waals surface area contributed by atoms with Crippen molar-refractivity contribution in [1.82, 2.24) is 16.0 Å². The Morgan fingerprint density at radius 1 is 1.07 bits per heavy atom. The van der Waals surface area contributed by atoms with Crippen LogP contribution in [0.3, 0.4) is 0 Å². The van der Waals surface area contributed by atoms with Crippen molar-refractivity contribution >= 4 is 29.4 Å². The van der Waals surface area contributed by atoms with Crippen LogP contribution in [0.15, 0.2) is 24.3 Å². The van der Waals surface area contributed by atoms with E-state index in [1.165, 1.54) is 13.0 Å². The van der Waals surface area contributed by atoms with Crippen LogP contribution in [0.1, 0.15) is 41.0 Å². The molecule has 8 nitrogen and oxygen atoms in total. The lowest BCUT2D eigenvalue weighted by Crippen LogP contribution is -2.50. The van der Waals surface area contributed by atoms with E-state index in [4.69, 9.17) is 0 Å². The first-order chi connectivity index (χ1) is 13.1. The Balaban J connectivity index is 2.70. The minimum Gasteiger partial charge on any atom is -0.350 e. The number of rotatable bonds is 9. The molecule has 0 aromatic carbocycles. The zero-order valence-electron chi connectivity index (χ0n) is 16.9. The maximum absolute atomic E-state index is 12.8. The van der Waals surface area contributed by atoms with Gasteiger partial charge in [0.25, 0.3) is 0 Å². The predicted molar refractivity (Wildman–Crippen MR) is 104 cm³/mol. The zero-order chi connectivity index (χ0) is 21.4. The molecule has 4 atom stereocenters. The molecule has 1 heterocycles. The number of amides is 4. The SMILES string of the molecule is CC=CC=CC(=O)N[C@H](C)CC(=O)N[C@H](C(=O)[C@@H]1C(=O)NC(=O)[C@H]1C)C(C)C. The second-order valence-corrected chi connectivity index (χ2v) is 7.31. The van der Waals surface area contributed by atoms with Crippen LogP contribution < -0.4 is 16.0 Å². The monoisotopic (exact) mass is 391 g/mol. The highest BCUT2D eigenvalue weighted by atomic mass is 16.2. The minimum atomic E-state index is -1.10. The molecule has 0 aromatic rings. The van der Waals surface area contributed by atoms with Crippen molar-refractivity contribution in [2.45, 2.75) is 53.1 Å². The summed E-state index contributed by atoms with van der Waals surface area (Å²) in [4.78, 5) is 60.4. The molecule has 3 N–H and O–H groups in total. The largest absolute Gasteiger partial charge is 0.350 e. The average Bonchev–Trinajstić information content (AvgIpc) is 2.84. The molecule has 4 amide bonds. The third-order valence-electron chi connectivity index (χ3n) is 4.47. The topological polar surface area (TPSA) is 121 Å². The van der Waals surface area contributed by atoms with Crippen molar-refractivity contribution in [2.24, 2.45) is 17.8 Å². The molecule has 0 aromatic heterocycles. The summed E-state index contributed by atoms with van der Waals surface area (Å²) in [5, 5.41) is 7.46. The van der Waals surface area contributed by atoms with Gasteiger partial charge in [-0.25, -0.2) is 0 Å². The molecule has 0 radical (unpaired) electrons. The number of imide groups is 1. The van der Waals surface area contributed by atoms with Gasteiger partial charge in [0.05, 0.1) is 12.0 Å². The first-order valence-electron chi connectivity index (χ1n) is 9.36. The molecular weight excluding hydrogens is 362 g/mol. The Bertz CT molecular complexity index is 696. The Kier molecular flexibility index (Phi) is 8.76. The van der Waals surface area contributed by atoms with Gasteiger partial charge >= 0.3 is 0 Å². The highest BCUT2D eigenvalue weighted by Crippen LogP contribution is 2.23. The van der Waals surface area contributed by atoms with Crippen molar-refractivity contribution in [3.8, 4) is 0 Å². The molecule has 0 aliphatic carbocycles. The quantitative estimate of drug-likeness (QED) is 0.230. The third-order valence-corrected chi connectivity index (χ3v) is 4.47. The van der Waals surface area contributed by atoms with Crippen LogP contribution in [0, 0.1) is 17.8 Å². The normalized spacial score (nSPS) is 21.8. The lowest BCUT2D eigenvalue weighted by molar-refractivity contribution is -0.137. The number of allylic oxidation sites excluding steroid dienone is 3. The molecule has 1 fully saturated rings. The Morgan fingerprint density at radius 2 is 1.71 bits per heavy atom. The van der Waals surface area contributed by atoms with Gasteiger partial charge < -0.3 is 10.6 Å². The van der Waals surface area contributed by atoms with Crippen LogP contribution >= 0.6 is 0 Å². The highest BCUT2D eigenvalue weighted by molar-refractivity contribution is 6.16. The molecule has 1 rings (SSSR count). The van der Waals surface area contributed by atoms with Crippen LogP contribution in [0.5, 0.6) is 0 Å². The van der Waals surface area contributed by atoms with Gasteiger partial charge in [0.15, 0.2) is 5.78 Å². The average molecular weight is 391 g/mol. The molecular formula is C20H29N3O5. The fourth-order valence-corrected chi connectivity index (χ4v) is 2.93. The van der Waals surface area contributed by atoms with Crippen molar-refractivity contribution < 1.29 is 24.0 Å². The lowest BCUT2D eigenvalue weighted by atomic mass is 9.85. The van der Waals surface area contributed by atoms with E-state index in [1.807, 2.05) is 6.92 Å². The summed E-state index contributed by atoms with van der Waals surface area (Å²) in [6, 6.07) is -1.34. The second-order valence-electron chi connectivity index (χ2n) is 7.31.